The highest BCUT2D eigenvalue weighted by Gasteiger charge is 2.29. The lowest BCUT2D eigenvalue weighted by molar-refractivity contribution is -0.133. The molecule has 1 aromatic carbocycles. The molecule has 0 bridgehead atoms. The SMILES string of the molecule is Cc1ccc(NC(=O)N(CC(=O)N(Cc2cccn2C)CC(C)C)C2CCCCC2)c(C)c1. The van der Waals surface area contributed by atoms with Crippen LogP contribution in [-0.4, -0.2) is 45.4 Å². The zero-order chi connectivity index (χ0) is 24.0. The average Bonchev–Trinajstić information content (AvgIpc) is 3.18. The van der Waals surface area contributed by atoms with Gasteiger partial charge in [-0.2, -0.15) is 0 Å². The number of nitrogens with zero attached hydrogens (tertiary/aromatic N) is 3. The fourth-order valence-electron chi connectivity index (χ4n) is 4.70. The molecular weight excluding hydrogens is 412 g/mol. The Kier molecular flexibility index (Phi) is 8.59. The standard InChI is InChI=1S/C27H40N4O2/c1-20(2)17-30(18-24-12-9-15-29(24)5)26(32)19-31(23-10-7-6-8-11-23)27(33)28-25-14-13-21(3)16-22(25)4/h9,12-16,20,23H,6-8,10-11,17-19H2,1-5H3,(H,28,33). The summed E-state index contributed by atoms with van der Waals surface area (Å²) in [7, 11) is 2.00. The zero-order valence-electron chi connectivity index (χ0n) is 20.9. The minimum atomic E-state index is -0.175. The number of hydrogen-bond donors (Lipinski definition) is 1. The highest BCUT2D eigenvalue weighted by molar-refractivity contribution is 5.93. The summed E-state index contributed by atoms with van der Waals surface area (Å²) in [5.41, 5.74) is 4.09. The Morgan fingerprint density at radius 3 is 2.45 bits per heavy atom. The molecule has 0 radical (unpaired) electrons. The van der Waals surface area contributed by atoms with Crippen LogP contribution in [0.2, 0.25) is 0 Å². The van der Waals surface area contributed by atoms with E-state index in [0.717, 1.165) is 48.2 Å². The van der Waals surface area contributed by atoms with Crippen molar-refractivity contribution in [1.82, 2.24) is 14.4 Å². The number of anilines is 1. The summed E-state index contributed by atoms with van der Waals surface area (Å²) in [6, 6.07) is 9.99. The molecule has 3 amide bonds. The van der Waals surface area contributed by atoms with Gasteiger partial charge in [-0.05, 0) is 56.4 Å². The number of nitrogens with one attached hydrogen (secondary N) is 1. The fraction of sp³-hybridized carbons (Fsp3) is 0.556. The number of amides is 3. The largest absolute Gasteiger partial charge is 0.353 e. The van der Waals surface area contributed by atoms with Gasteiger partial charge in [0.2, 0.25) is 5.91 Å². The molecule has 1 N–H and O–H groups in total. The monoisotopic (exact) mass is 452 g/mol. The van der Waals surface area contributed by atoms with E-state index in [1.165, 1.54) is 6.42 Å². The van der Waals surface area contributed by atoms with Crippen molar-refractivity contribution < 1.29 is 9.59 Å². The molecule has 3 rings (SSSR count). The summed E-state index contributed by atoms with van der Waals surface area (Å²) in [6.07, 6.45) is 7.31. The second-order valence-electron chi connectivity index (χ2n) is 9.95. The van der Waals surface area contributed by atoms with Crippen molar-refractivity contribution in [3.05, 3.63) is 53.3 Å². The van der Waals surface area contributed by atoms with Gasteiger partial charge in [0.1, 0.15) is 6.54 Å². The molecule has 0 unspecified atom stereocenters. The lowest BCUT2D eigenvalue weighted by atomic mass is 9.94. The Labute approximate surface area is 198 Å². The van der Waals surface area contributed by atoms with Crippen LogP contribution in [0.4, 0.5) is 10.5 Å². The molecule has 1 aliphatic carbocycles. The van der Waals surface area contributed by atoms with Crippen LogP contribution in [0.5, 0.6) is 0 Å². The zero-order valence-corrected chi connectivity index (χ0v) is 20.9. The van der Waals surface area contributed by atoms with E-state index in [1.54, 1.807) is 4.90 Å². The smallest absolute Gasteiger partial charge is 0.322 e. The van der Waals surface area contributed by atoms with E-state index in [2.05, 4.69) is 25.2 Å². The van der Waals surface area contributed by atoms with Gasteiger partial charge in [-0.15, -0.1) is 0 Å². The van der Waals surface area contributed by atoms with Crippen molar-refractivity contribution >= 4 is 17.6 Å². The third kappa shape index (κ3) is 6.86. The number of aromatic nitrogens is 1. The van der Waals surface area contributed by atoms with E-state index >= 15 is 0 Å². The molecule has 1 saturated carbocycles. The van der Waals surface area contributed by atoms with Crippen LogP contribution < -0.4 is 5.32 Å². The van der Waals surface area contributed by atoms with Gasteiger partial charge < -0.3 is 19.7 Å². The lowest BCUT2D eigenvalue weighted by Crippen LogP contribution is -2.50. The molecule has 0 aliphatic heterocycles. The highest BCUT2D eigenvalue weighted by atomic mass is 16.2. The predicted molar refractivity (Wildman–Crippen MR) is 134 cm³/mol. The van der Waals surface area contributed by atoms with E-state index in [1.807, 2.05) is 60.8 Å². The molecule has 1 fully saturated rings. The molecule has 1 heterocycles. The van der Waals surface area contributed by atoms with Gasteiger partial charge in [-0.25, -0.2) is 4.79 Å². The van der Waals surface area contributed by atoms with E-state index in [-0.39, 0.29) is 24.5 Å². The topological polar surface area (TPSA) is 57.6 Å². The molecule has 6 heteroatoms. The van der Waals surface area contributed by atoms with Crippen LogP contribution in [0.1, 0.15) is 62.8 Å². The number of carbonyl (C=O) groups excluding carboxylic acids is 2. The van der Waals surface area contributed by atoms with E-state index in [9.17, 15) is 9.59 Å². The summed E-state index contributed by atoms with van der Waals surface area (Å²) >= 11 is 0. The van der Waals surface area contributed by atoms with E-state index in [0.29, 0.717) is 19.0 Å². The normalized spacial score (nSPS) is 14.4. The molecule has 6 nitrogen and oxygen atoms in total. The minimum absolute atomic E-state index is 0.00579. The van der Waals surface area contributed by atoms with Gasteiger partial charge in [-0.3, -0.25) is 4.79 Å². The first-order valence-electron chi connectivity index (χ1n) is 12.3. The van der Waals surface area contributed by atoms with Crippen LogP contribution in [-0.2, 0) is 18.4 Å². The molecule has 33 heavy (non-hydrogen) atoms. The second-order valence-corrected chi connectivity index (χ2v) is 9.95. The molecule has 0 spiro atoms. The lowest BCUT2D eigenvalue weighted by Gasteiger charge is -2.36. The molecule has 1 aliphatic rings. The fourth-order valence-corrected chi connectivity index (χ4v) is 4.70. The number of carbonyl (C=O) groups is 2. The van der Waals surface area contributed by atoms with Crippen molar-refractivity contribution in [3.63, 3.8) is 0 Å². The molecule has 0 atom stereocenters. The van der Waals surface area contributed by atoms with Crippen LogP contribution in [0.3, 0.4) is 0 Å². The van der Waals surface area contributed by atoms with Crippen LogP contribution in [0.15, 0.2) is 36.5 Å². The number of benzene rings is 1. The number of hydrogen-bond acceptors (Lipinski definition) is 2. The van der Waals surface area contributed by atoms with Gasteiger partial charge >= 0.3 is 6.03 Å². The van der Waals surface area contributed by atoms with Crippen molar-refractivity contribution in [3.8, 4) is 0 Å². The van der Waals surface area contributed by atoms with Crippen molar-refractivity contribution in [1.29, 1.82) is 0 Å². The van der Waals surface area contributed by atoms with Crippen molar-refractivity contribution in [2.45, 2.75) is 72.4 Å². The van der Waals surface area contributed by atoms with E-state index in [4.69, 9.17) is 0 Å². The van der Waals surface area contributed by atoms with Gasteiger partial charge in [0.25, 0.3) is 0 Å². The van der Waals surface area contributed by atoms with Crippen molar-refractivity contribution in [2.75, 3.05) is 18.4 Å². The number of aryl methyl sites for hydroxylation is 3. The summed E-state index contributed by atoms with van der Waals surface area (Å²) in [4.78, 5) is 30.7. The summed E-state index contributed by atoms with van der Waals surface area (Å²) < 4.78 is 2.05. The molecule has 180 valence electrons. The summed E-state index contributed by atoms with van der Waals surface area (Å²) in [6.45, 7) is 9.62. The van der Waals surface area contributed by atoms with Crippen LogP contribution in [0, 0.1) is 19.8 Å². The maximum atomic E-state index is 13.5. The van der Waals surface area contributed by atoms with Gasteiger partial charge in [0.15, 0.2) is 0 Å². The van der Waals surface area contributed by atoms with Crippen LogP contribution >= 0.6 is 0 Å². The van der Waals surface area contributed by atoms with Gasteiger partial charge in [0, 0.05) is 37.2 Å². The first-order valence-corrected chi connectivity index (χ1v) is 12.3. The predicted octanol–water partition coefficient (Wildman–Crippen LogP) is 5.49. The van der Waals surface area contributed by atoms with Gasteiger partial charge in [-0.1, -0.05) is 50.8 Å². The second kappa shape index (κ2) is 11.4. The Morgan fingerprint density at radius 1 is 1.12 bits per heavy atom. The maximum Gasteiger partial charge on any atom is 0.322 e. The minimum Gasteiger partial charge on any atom is -0.353 e. The molecular formula is C27H40N4O2. The van der Waals surface area contributed by atoms with Crippen LogP contribution in [0.25, 0.3) is 0 Å². The molecule has 2 aromatic rings. The summed E-state index contributed by atoms with van der Waals surface area (Å²) in [5.74, 6) is 0.354. The maximum absolute atomic E-state index is 13.5. The quantitative estimate of drug-likeness (QED) is 0.575. The third-order valence-corrected chi connectivity index (χ3v) is 6.55. The Bertz CT molecular complexity index is 943. The third-order valence-electron chi connectivity index (χ3n) is 6.55. The number of urea groups is 1. The van der Waals surface area contributed by atoms with Crippen molar-refractivity contribution in [2.24, 2.45) is 13.0 Å². The van der Waals surface area contributed by atoms with Gasteiger partial charge in [0.05, 0.1) is 6.54 Å². The first-order chi connectivity index (χ1) is 15.7. The average molecular weight is 453 g/mol. The Balaban J connectivity index is 1.79. The first kappa shape index (κ1) is 24.9. The molecule has 0 saturated heterocycles. The Morgan fingerprint density at radius 2 is 1.85 bits per heavy atom. The summed E-state index contributed by atoms with van der Waals surface area (Å²) in [5, 5.41) is 3.09. The highest BCUT2D eigenvalue weighted by Crippen LogP contribution is 2.25. The Hall–Kier alpha value is -2.76. The number of rotatable bonds is 8. The van der Waals surface area contributed by atoms with E-state index < -0.39 is 0 Å². The molecule has 1 aromatic heterocycles.